The molecule has 3 nitrogen and oxygen atoms in total. The van der Waals surface area contributed by atoms with Crippen molar-refractivity contribution in [1.82, 2.24) is 0 Å². The second-order valence-corrected chi connectivity index (χ2v) is 7.98. The Kier molecular flexibility index (Phi) is 9.49. The van der Waals surface area contributed by atoms with Gasteiger partial charge < -0.3 is 0 Å². The van der Waals surface area contributed by atoms with Crippen LogP contribution in [0, 0.1) is 0 Å². The van der Waals surface area contributed by atoms with E-state index < -0.39 is 10.1 Å². The Balaban J connectivity index is 2.18. The molecule has 4 heteroatoms. The molecule has 1 atom stereocenters. The first kappa shape index (κ1) is 20.2. The van der Waals surface area contributed by atoms with Crippen molar-refractivity contribution in [2.24, 2.45) is 0 Å². The highest BCUT2D eigenvalue weighted by Crippen LogP contribution is 2.23. The van der Waals surface area contributed by atoms with E-state index in [1.54, 1.807) is 0 Å². The van der Waals surface area contributed by atoms with E-state index in [-0.39, 0.29) is 4.90 Å². The first-order valence-electron chi connectivity index (χ1n) is 9.02. The fourth-order valence-corrected chi connectivity index (χ4v) is 3.38. The highest BCUT2D eigenvalue weighted by molar-refractivity contribution is 7.85. The van der Waals surface area contributed by atoms with Gasteiger partial charge in [0.1, 0.15) is 0 Å². The third-order valence-corrected chi connectivity index (χ3v) is 5.36. The smallest absolute Gasteiger partial charge is 0.282 e. The highest BCUT2D eigenvalue weighted by atomic mass is 32.2. The maximum absolute atomic E-state index is 11.0. The highest BCUT2D eigenvalue weighted by Gasteiger charge is 2.10. The van der Waals surface area contributed by atoms with E-state index in [1.165, 1.54) is 69.9 Å². The molecule has 0 amide bonds. The van der Waals surface area contributed by atoms with Crippen molar-refractivity contribution >= 4 is 10.1 Å². The predicted molar refractivity (Wildman–Crippen MR) is 96.5 cm³/mol. The minimum Gasteiger partial charge on any atom is -0.282 e. The first-order chi connectivity index (χ1) is 10.9. The average Bonchev–Trinajstić information content (AvgIpc) is 2.52. The normalized spacial score (nSPS) is 13.2. The second-order valence-electron chi connectivity index (χ2n) is 6.56. The second kappa shape index (κ2) is 10.8. The third kappa shape index (κ3) is 8.52. The molecule has 1 unspecified atom stereocenters. The quantitative estimate of drug-likeness (QED) is 0.377. The molecule has 0 aliphatic rings. The molecule has 1 rings (SSSR count). The molecular formula is C19H32O3S. The Morgan fingerprint density at radius 1 is 0.870 bits per heavy atom. The van der Waals surface area contributed by atoms with Gasteiger partial charge in [0, 0.05) is 0 Å². The van der Waals surface area contributed by atoms with Crippen molar-refractivity contribution in [3.05, 3.63) is 29.8 Å². The fourth-order valence-electron chi connectivity index (χ4n) is 2.90. The molecule has 0 aromatic heterocycles. The summed E-state index contributed by atoms with van der Waals surface area (Å²) in [4.78, 5) is -0.0310. The Bertz CT molecular complexity index is 520. The number of benzene rings is 1. The van der Waals surface area contributed by atoms with Crippen molar-refractivity contribution in [1.29, 1.82) is 0 Å². The lowest BCUT2D eigenvalue weighted by Crippen LogP contribution is -1.99. The van der Waals surface area contributed by atoms with Crippen LogP contribution in [-0.4, -0.2) is 13.0 Å². The average molecular weight is 341 g/mol. The van der Waals surface area contributed by atoms with Gasteiger partial charge in [-0.2, -0.15) is 8.42 Å². The number of rotatable bonds is 12. The summed E-state index contributed by atoms with van der Waals surface area (Å²) in [5.41, 5.74) is 1.14. The van der Waals surface area contributed by atoms with Gasteiger partial charge in [-0.3, -0.25) is 4.55 Å². The summed E-state index contributed by atoms with van der Waals surface area (Å²) in [7, 11) is -4.08. The minimum absolute atomic E-state index is 0.0310. The van der Waals surface area contributed by atoms with Crippen molar-refractivity contribution in [3.8, 4) is 0 Å². The lowest BCUT2D eigenvalue weighted by Gasteiger charge is -2.12. The van der Waals surface area contributed by atoms with Crippen molar-refractivity contribution in [2.75, 3.05) is 0 Å². The zero-order chi connectivity index (χ0) is 17.1. The molecule has 1 N–H and O–H groups in total. The SMILES string of the molecule is CCCCCCCCCCCC(C)c1ccc(S(=O)(=O)O)cc1. The van der Waals surface area contributed by atoms with Crippen LogP contribution in [0.25, 0.3) is 0 Å². The summed E-state index contributed by atoms with van der Waals surface area (Å²) < 4.78 is 31.0. The van der Waals surface area contributed by atoms with Crippen LogP contribution in [0.2, 0.25) is 0 Å². The van der Waals surface area contributed by atoms with Crippen LogP contribution in [-0.2, 0) is 10.1 Å². The molecule has 0 saturated carbocycles. The van der Waals surface area contributed by atoms with Crippen molar-refractivity contribution in [3.63, 3.8) is 0 Å². The van der Waals surface area contributed by atoms with Gasteiger partial charge in [-0.25, -0.2) is 0 Å². The van der Waals surface area contributed by atoms with E-state index in [4.69, 9.17) is 4.55 Å². The minimum atomic E-state index is -4.08. The Hall–Kier alpha value is -0.870. The fraction of sp³-hybridized carbons (Fsp3) is 0.684. The number of hydrogen-bond acceptors (Lipinski definition) is 2. The molecule has 1 aromatic rings. The van der Waals surface area contributed by atoms with E-state index >= 15 is 0 Å². The molecule has 0 saturated heterocycles. The Labute approximate surface area is 142 Å². The molecule has 0 radical (unpaired) electrons. The molecule has 132 valence electrons. The molecular weight excluding hydrogens is 308 g/mol. The molecule has 0 spiro atoms. The van der Waals surface area contributed by atoms with Crippen LogP contribution >= 0.6 is 0 Å². The zero-order valence-corrected chi connectivity index (χ0v) is 15.4. The van der Waals surface area contributed by atoms with Crippen LogP contribution in [0.4, 0.5) is 0 Å². The van der Waals surface area contributed by atoms with Gasteiger partial charge in [0.15, 0.2) is 0 Å². The Morgan fingerprint density at radius 2 is 1.35 bits per heavy atom. The van der Waals surface area contributed by atoms with Crippen LogP contribution in [0.15, 0.2) is 29.2 Å². The predicted octanol–water partition coefficient (Wildman–Crippen LogP) is 5.96. The molecule has 0 bridgehead atoms. The van der Waals surface area contributed by atoms with Crippen LogP contribution < -0.4 is 0 Å². The van der Waals surface area contributed by atoms with E-state index in [2.05, 4.69) is 13.8 Å². The van der Waals surface area contributed by atoms with E-state index in [1.807, 2.05) is 12.1 Å². The van der Waals surface area contributed by atoms with E-state index in [9.17, 15) is 8.42 Å². The lowest BCUT2D eigenvalue weighted by atomic mass is 9.94. The van der Waals surface area contributed by atoms with Gasteiger partial charge in [-0.05, 0) is 30.0 Å². The molecule has 0 fully saturated rings. The summed E-state index contributed by atoms with van der Waals surface area (Å²) in [5, 5.41) is 0. The van der Waals surface area contributed by atoms with Crippen LogP contribution in [0.3, 0.4) is 0 Å². The Morgan fingerprint density at radius 3 is 1.83 bits per heavy atom. The number of unbranched alkanes of at least 4 members (excludes halogenated alkanes) is 8. The molecule has 0 heterocycles. The van der Waals surface area contributed by atoms with Gasteiger partial charge >= 0.3 is 0 Å². The van der Waals surface area contributed by atoms with Gasteiger partial charge in [0.05, 0.1) is 4.90 Å². The van der Waals surface area contributed by atoms with Crippen LogP contribution in [0.1, 0.15) is 89.5 Å². The summed E-state index contributed by atoms with van der Waals surface area (Å²) in [5.74, 6) is 0.426. The number of hydrogen-bond donors (Lipinski definition) is 1. The standard InChI is InChI=1S/C19H32O3S/c1-3-4-5-6-7-8-9-10-11-12-17(2)18-13-15-19(16-14-18)23(20,21)22/h13-17H,3-12H2,1-2H3,(H,20,21,22). The largest absolute Gasteiger partial charge is 0.294 e. The van der Waals surface area contributed by atoms with Gasteiger partial charge in [-0.15, -0.1) is 0 Å². The topological polar surface area (TPSA) is 54.4 Å². The molecule has 0 aliphatic carbocycles. The monoisotopic (exact) mass is 340 g/mol. The van der Waals surface area contributed by atoms with E-state index in [0.29, 0.717) is 5.92 Å². The summed E-state index contributed by atoms with van der Waals surface area (Å²) >= 11 is 0. The summed E-state index contributed by atoms with van der Waals surface area (Å²) in [6.45, 7) is 4.42. The van der Waals surface area contributed by atoms with Crippen molar-refractivity contribution < 1.29 is 13.0 Å². The summed E-state index contributed by atoms with van der Waals surface area (Å²) in [6, 6.07) is 6.58. The summed E-state index contributed by atoms with van der Waals surface area (Å²) in [6.07, 6.45) is 13.1. The first-order valence-corrected chi connectivity index (χ1v) is 10.5. The third-order valence-electron chi connectivity index (χ3n) is 4.49. The maximum Gasteiger partial charge on any atom is 0.294 e. The van der Waals surface area contributed by atoms with Crippen LogP contribution in [0.5, 0.6) is 0 Å². The van der Waals surface area contributed by atoms with Gasteiger partial charge in [-0.1, -0.05) is 83.8 Å². The van der Waals surface area contributed by atoms with Crippen molar-refractivity contribution in [2.45, 2.75) is 88.9 Å². The van der Waals surface area contributed by atoms with Gasteiger partial charge in [0.25, 0.3) is 10.1 Å². The molecule has 0 aliphatic heterocycles. The molecule has 1 aromatic carbocycles. The van der Waals surface area contributed by atoms with Gasteiger partial charge in [0.2, 0.25) is 0 Å². The molecule has 23 heavy (non-hydrogen) atoms. The lowest BCUT2D eigenvalue weighted by molar-refractivity contribution is 0.483. The maximum atomic E-state index is 11.0. The van der Waals surface area contributed by atoms with E-state index in [0.717, 1.165) is 12.0 Å². The zero-order valence-electron chi connectivity index (χ0n) is 14.6.